The largest absolute Gasteiger partial charge is 0.488 e. The number of anilines is 1. The summed E-state index contributed by atoms with van der Waals surface area (Å²) in [6.07, 6.45) is 6.58. The molecule has 0 fully saturated rings. The van der Waals surface area contributed by atoms with Gasteiger partial charge in [0.2, 0.25) is 5.91 Å². The molecule has 9 nitrogen and oxygen atoms in total. The van der Waals surface area contributed by atoms with E-state index in [2.05, 4.69) is 27.1 Å². The molecule has 4 rings (SSSR count). The number of aromatic nitrogens is 2. The highest BCUT2D eigenvalue weighted by Gasteiger charge is 2.31. The van der Waals surface area contributed by atoms with Crippen LogP contribution in [-0.2, 0) is 17.8 Å². The van der Waals surface area contributed by atoms with Gasteiger partial charge in [0, 0.05) is 67.2 Å². The number of nitrogens with zero attached hydrogens (tertiary/aromatic N) is 4. The standard InChI is InChI=1S/C29H35N5O4/c1-20-16-34(21(2)19-35)28(36)15-24-14-25(32-29(37)23-8-12-31-13-9-23)4-5-26(24)38-27(20)18-33(3)17-22-6-10-30-11-7-22/h4-14,20-21,27,35H,15-19H2,1-3H3,(H,32,37)/t20?,21-,27-/m0/s1. The van der Waals surface area contributed by atoms with Crippen LogP contribution in [0.4, 0.5) is 5.69 Å². The second kappa shape index (κ2) is 12.6. The fourth-order valence-electron chi connectivity index (χ4n) is 4.60. The minimum atomic E-state index is -0.323. The van der Waals surface area contributed by atoms with E-state index in [0.29, 0.717) is 35.7 Å². The average molecular weight is 518 g/mol. The number of carbonyl (C=O) groups excluding carboxylic acids is 2. The van der Waals surface area contributed by atoms with Gasteiger partial charge in [-0.3, -0.25) is 24.5 Å². The maximum atomic E-state index is 13.4. The molecular formula is C29H35N5O4. The van der Waals surface area contributed by atoms with Crippen LogP contribution < -0.4 is 10.1 Å². The van der Waals surface area contributed by atoms with Crippen LogP contribution in [0.5, 0.6) is 5.75 Å². The normalized spacial score (nSPS) is 18.6. The molecule has 2 aromatic heterocycles. The van der Waals surface area contributed by atoms with Crippen molar-refractivity contribution in [1.82, 2.24) is 19.8 Å². The zero-order valence-corrected chi connectivity index (χ0v) is 22.1. The molecule has 3 heterocycles. The maximum Gasteiger partial charge on any atom is 0.255 e. The van der Waals surface area contributed by atoms with Gasteiger partial charge in [-0.25, -0.2) is 0 Å². The average Bonchev–Trinajstić information content (AvgIpc) is 2.97. The molecule has 0 spiro atoms. The van der Waals surface area contributed by atoms with Gasteiger partial charge in [0.15, 0.2) is 0 Å². The van der Waals surface area contributed by atoms with Gasteiger partial charge in [-0.1, -0.05) is 6.92 Å². The number of carbonyl (C=O) groups is 2. The number of likely N-dealkylation sites (N-methyl/N-ethyl adjacent to an activating group) is 1. The highest BCUT2D eigenvalue weighted by Crippen LogP contribution is 2.29. The third-order valence-corrected chi connectivity index (χ3v) is 6.81. The van der Waals surface area contributed by atoms with E-state index in [1.54, 1.807) is 54.0 Å². The summed E-state index contributed by atoms with van der Waals surface area (Å²) < 4.78 is 6.58. The third kappa shape index (κ3) is 6.93. The van der Waals surface area contributed by atoms with Gasteiger partial charge in [0.1, 0.15) is 11.9 Å². The van der Waals surface area contributed by atoms with Crippen molar-refractivity contribution in [2.45, 2.75) is 39.0 Å². The number of aliphatic hydroxyl groups is 1. The Bertz CT molecular complexity index is 1220. The zero-order valence-electron chi connectivity index (χ0n) is 22.1. The molecular weight excluding hydrogens is 482 g/mol. The van der Waals surface area contributed by atoms with Crippen LogP contribution in [0.25, 0.3) is 0 Å². The molecule has 2 N–H and O–H groups in total. The van der Waals surface area contributed by atoms with Crippen LogP contribution in [0.1, 0.15) is 35.3 Å². The van der Waals surface area contributed by atoms with Gasteiger partial charge in [0.05, 0.1) is 19.1 Å². The van der Waals surface area contributed by atoms with Crippen molar-refractivity contribution in [3.05, 3.63) is 83.9 Å². The maximum absolute atomic E-state index is 13.4. The summed E-state index contributed by atoms with van der Waals surface area (Å²) >= 11 is 0. The number of hydrogen-bond acceptors (Lipinski definition) is 7. The van der Waals surface area contributed by atoms with Crippen LogP contribution in [0, 0.1) is 5.92 Å². The minimum Gasteiger partial charge on any atom is -0.488 e. The number of fused-ring (bicyclic) bond motifs is 1. The molecule has 1 aliphatic rings. The summed E-state index contributed by atoms with van der Waals surface area (Å²) in [5.41, 5.74) is 2.90. The molecule has 1 aliphatic heterocycles. The van der Waals surface area contributed by atoms with Gasteiger partial charge in [0.25, 0.3) is 5.91 Å². The lowest BCUT2D eigenvalue weighted by Gasteiger charge is -2.34. The molecule has 3 atom stereocenters. The summed E-state index contributed by atoms with van der Waals surface area (Å²) in [7, 11) is 2.04. The van der Waals surface area contributed by atoms with Crippen LogP contribution >= 0.6 is 0 Å². The number of rotatable bonds is 8. The van der Waals surface area contributed by atoms with E-state index in [1.165, 1.54) is 0 Å². The number of hydrogen-bond donors (Lipinski definition) is 2. The smallest absolute Gasteiger partial charge is 0.255 e. The lowest BCUT2D eigenvalue weighted by molar-refractivity contribution is -0.134. The first-order valence-electron chi connectivity index (χ1n) is 12.8. The van der Waals surface area contributed by atoms with Crippen LogP contribution in [0.15, 0.2) is 67.3 Å². The van der Waals surface area contributed by atoms with Gasteiger partial charge < -0.3 is 20.1 Å². The van der Waals surface area contributed by atoms with Gasteiger partial charge in [-0.05, 0) is 62.0 Å². The molecule has 1 aromatic carbocycles. The Morgan fingerprint density at radius 3 is 2.53 bits per heavy atom. The Hall–Kier alpha value is -3.82. The number of nitrogens with one attached hydrogen (secondary N) is 1. The Kier molecular flexibility index (Phi) is 9.04. The lowest BCUT2D eigenvalue weighted by atomic mass is 10.0. The van der Waals surface area contributed by atoms with Crippen molar-refractivity contribution in [2.75, 3.05) is 32.1 Å². The topological polar surface area (TPSA) is 108 Å². The molecule has 200 valence electrons. The highest BCUT2D eigenvalue weighted by atomic mass is 16.5. The number of aliphatic hydroxyl groups excluding tert-OH is 1. The quantitative estimate of drug-likeness (QED) is 0.473. The number of benzene rings is 1. The molecule has 2 amide bonds. The molecule has 38 heavy (non-hydrogen) atoms. The Morgan fingerprint density at radius 2 is 1.84 bits per heavy atom. The highest BCUT2D eigenvalue weighted by molar-refractivity contribution is 6.04. The first-order chi connectivity index (χ1) is 18.3. The summed E-state index contributed by atoms with van der Waals surface area (Å²) in [6, 6.07) is 12.3. The zero-order chi connectivity index (χ0) is 27.1. The van der Waals surface area contributed by atoms with Gasteiger partial charge in [-0.15, -0.1) is 0 Å². The Labute approximate surface area is 223 Å². The fraction of sp³-hybridized carbons (Fsp3) is 0.379. The molecule has 9 heteroatoms. The van der Waals surface area contributed by atoms with E-state index in [1.807, 2.05) is 32.2 Å². The molecule has 0 saturated carbocycles. The number of ether oxygens (including phenoxy) is 1. The van der Waals surface area contributed by atoms with E-state index < -0.39 is 0 Å². The number of amides is 2. The predicted molar refractivity (Wildman–Crippen MR) is 145 cm³/mol. The van der Waals surface area contributed by atoms with Gasteiger partial charge >= 0.3 is 0 Å². The molecule has 0 saturated heterocycles. The fourth-order valence-corrected chi connectivity index (χ4v) is 4.60. The second-order valence-corrected chi connectivity index (χ2v) is 9.95. The van der Waals surface area contributed by atoms with Crippen molar-refractivity contribution >= 4 is 17.5 Å². The lowest BCUT2D eigenvalue weighted by Crippen LogP contribution is -2.47. The summed E-state index contributed by atoms with van der Waals surface area (Å²) in [5.74, 6) is 0.270. The van der Waals surface area contributed by atoms with Crippen molar-refractivity contribution in [3.8, 4) is 5.75 Å². The Balaban J connectivity index is 1.60. The molecule has 1 unspecified atom stereocenters. The predicted octanol–water partition coefficient (Wildman–Crippen LogP) is 3.01. The third-order valence-electron chi connectivity index (χ3n) is 6.81. The second-order valence-electron chi connectivity index (χ2n) is 9.95. The van der Waals surface area contributed by atoms with Crippen molar-refractivity contribution in [3.63, 3.8) is 0 Å². The molecule has 0 aliphatic carbocycles. The van der Waals surface area contributed by atoms with Crippen molar-refractivity contribution in [2.24, 2.45) is 5.92 Å². The van der Waals surface area contributed by atoms with E-state index in [0.717, 1.165) is 12.1 Å². The van der Waals surface area contributed by atoms with E-state index in [-0.39, 0.29) is 42.9 Å². The monoisotopic (exact) mass is 517 g/mol. The summed E-state index contributed by atoms with van der Waals surface area (Å²) in [4.78, 5) is 38.1. The minimum absolute atomic E-state index is 0.00450. The molecule has 0 radical (unpaired) electrons. The SMILES string of the molecule is CC1CN([C@@H](C)CO)C(=O)Cc2cc(NC(=O)c3ccncc3)ccc2O[C@H]1CN(C)Cc1ccncc1. The number of pyridine rings is 2. The van der Waals surface area contributed by atoms with Crippen LogP contribution in [0.2, 0.25) is 0 Å². The van der Waals surface area contributed by atoms with E-state index >= 15 is 0 Å². The summed E-state index contributed by atoms with van der Waals surface area (Å²) in [5, 5.41) is 12.8. The van der Waals surface area contributed by atoms with Crippen molar-refractivity contribution in [1.29, 1.82) is 0 Å². The van der Waals surface area contributed by atoms with Crippen LogP contribution in [0.3, 0.4) is 0 Å². The van der Waals surface area contributed by atoms with E-state index in [4.69, 9.17) is 4.74 Å². The van der Waals surface area contributed by atoms with Gasteiger partial charge in [-0.2, -0.15) is 0 Å². The van der Waals surface area contributed by atoms with Crippen molar-refractivity contribution < 1.29 is 19.4 Å². The van der Waals surface area contributed by atoms with Crippen LogP contribution in [-0.4, -0.2) is 75.6 Å². The first-order valence-corrected chi connectivity index (χ1v) is 12.8. The Morgan fingerprint density at radius 1 is 1.16 bits per heavy atom. The molecule has 0 bridgehead atoms. The first kappa shape index (κ1) is 27.2. The molecule has 3 aromatic rings. The van der Waals surface area contributed by atoms with E-state index in [9.17, 15) is 14.7 Å². The summed E-state index contributed by atoms with van der Waals surface area (Å²) in [6.45, 7) is 5.63.